The van der Waals surface area contributed by atoms with Gasteiger partial charge in [0.15, 0.2) is 0 Å². The highest BCUT2D eigenvalue weighted by Gasteiger charge is 2.13. The monoisotopic (exact) mass is 267 g/mol. The molecule has 1 aromatic rings. The fourth-order valence-corrected chi connectivity index (χ4v) is 1.65. The van der Waals surface area contributed by atoms with E-state index in [0.717, 1.165) is 12.0 Å². The van der Waals surface area contributed by atoms with Crippen LogP contribution in [0.2, 0.25) is 0 Å². The molecule has 0 atom stereocenters. The van der Waals surface area contributed by atoms with Crippen molar-refractivity contribution >= 4 is 11.4 Å². The van der Waals surface area contributed by atoms with Gasteiger partial charge in [0.25, 0.3) is 5.69 Å². The lowest BCUT2D eigenvalue weighted by Gasteiger charge is -2.08. The van der Waals surface area contributed by atoms with Crippen LogP contribution in [0.5, 0.6) is 0 Å². The molecular weight excluding hydrogens is 246 g/mol. The summed E-state index contributed by atoms with van der Waals surface area (Å²) in [4.78, 5) is 10.7. The molecule has 1 rings (SSSR count). The van der Waals surface area contributed by atoms with Crippen molar-refractivity contribution in [3.63, 3.8) is 0 Å². The van der Waals surface area contributed by atoms with E-state index in [9.17, 15) is 10.1 Å². The molecule has 0 amide bonds. The highest BCUT2D eigenvalue weighted by molar-refractivity contribution is 5.62. The Kier molecular flexibility index (Phi) is 6.80. The van der Waals surface area contributed by atoms with Crippen LogP contribution in [0.1, 0.15) is 12.0 Å². The Morgan fingerprint density at radius 3 is 2.63 bits per heavy atom. The topological polar surface area (TPSA) is 119 Å². The maximum absolute atomic E-state index is 11.0. The highest BCUT2D eigenvalue weighted by Crippen LogP contribution is 2.25. The summed E-state index contributed by atoms with van der Waals surface area (Å²) in [7, 11) is 0. The van der Waals surface area contributed by atoms with Gasteiger partial charge in [0.1, 0.15) is 5.69 Å². The lowest BCUT2D eigenvalue weighted by Crippen LogP contribution is -2.21. The van der Waals surface area contributed by atoms with Crippen molar-refractivity contribution in [2.24, 2.45) is 11.5 Å². The van der Waals surface area contributed by atoms with Gasteiger partial charge in [0.2, 0.25) is 0 Å². The van der Waals surface area contributed by atoms with Crippen LogP contribution in [-0.2, 0) is 6.54 Å². The molecular formula is C12H21N5O2. The molecule has 19 heavy (non-hydrogen) atoms. The molecule has 0 heterocycles. The van der Waals surface area contributed by atoms with Gasteiger partial charge >= 0.3 is 0 Å². The summed E-state index contributed by atoms with van der Waals surface area (Å²) in [5, 5.41) is 17.2. The fourth-order valence-electron chi connectivity index (χ4n) is 1.65. The zero-order valence-corrected chi connectivity index (χ0v) is 10.9. The van der Waals surface area contributed by atoms with Gasteiger partial charge in [-0.1, -0.05) is 6.07 Å². The molecule has 0 aliphatic rings. The molecule has 0 fully saturated rings. The average molecular weight is 267 g/mol. The molecule has 1 aromatic carbocycles. The number of nitrogens with zero attached hydrogens (tertiary/aromatic N) is 1. The largest absolute Gasteiger partial charge is 0.379 e. The Balaban J connectivity index is 2.73. The van der Waals surface area contributed by atoms with Crippen molar-refractivity contribution in [3.05, 3.63) is 33.9 Å². The molecule has 0 aromatic heterocycles. The van der Waals surface area contributed by atoms with E-state index in [1.54, 1.807) is 12.1 Å². The molecule has 0 unspecified atom stereocenters. The maximum atomic E-state index is 11.0. The molecule has 106 valence electrons. The Labute approximate surface area is 112 Å². The second-order valence-corrected chi connectivity index (χ2v) is 4.14. The quantitative estimate of drug-likeness (QED) is 0.292. The lowest BCUT2D eigenvalue weighted by atomic mass is 10.1. The van der Waals surface area contributed by atoms with Gasteiger partial charge in [-0.25, -0.2) is 0 Å². The summed E-state index contributed by atoms with van der Waals surface area (Å²) >= 11 is 0. The smallest absolute Gasteiger partial charge is 0.292 e. The molecule has 7 heteroatoms. The van der Waals surface area contributed by atoms with Gasteiger partial charge in [0.05, 0.1) is 4.92 Å². The minimum absolute atomic E-state index is 0.0871. The van der Waals surface area contributed by atoms with Gasteiger partial charge in [-0.15, -0.1) is 0 Å². The molecule has 0 spiro atoms. The predicted octanol–water partition coefficient (Wildman–Crippen LogP) is 0.404. The van der Waals surface area contributed by atoms with Gasteiger partial charge in [0, 0.05) is 32.2 Å². The van der Waals surface area contributed by atoms with E-state index < -0.39 is 0 Å². The molecule has 0 aliphatic heterocycles. The van der Waals surface area contributed by atoms with Crippen LogP contribution in [0.4, 0.5) is 11.4 Å². The van der Waals surface area contributed by atoms with Gasteiger partial charge in [-0.3, -0.25) is 10.1 Å². The first kappa shape index (κ1) is 15.4. The molecule has 0 radical (unpaired) electrons. The van der Waals surface area contributed by atoms with Crippen molar-refractivity contribution in [2.75, 3.05) is 31.5 Å². The molecule has 7 nitrogen and oxygen atoms in total. The lowest BCUT2D eigenvalue weighted by molar-refractivity contribution is -0.384. The van der Waals surface area contributed by atoms with Crippen LogP contribution in [-0.4, -0.2) is 31.1 Å². The van der Waals surface area contributed by atoms with Crippen LogP contribution in [0.3, 0.4) is 0 Å². The third kappa shape index (κ3) is 5.21. The molecule has 0 saturated carbocycles. The average Bonchev–Trinajstić information content (AvgIpc) is 2.40. The van der Waals surface area contributed by atoms with Gasteiger partial charge in [-0.2, -0.15) is 0 Å². The number of hydrogen-bond acceptors (Lipinski definition) is 6. The van der Waals surface area contributed by atoms with Crippen molar-refractivity contribution in [1.29, 1.82) is 0 Å². The first-order valence-electron chi connectivity index (χ1n) is 6.31. The number of hydrogen-bond donors (Lipinski definition) is 4. The third-order valence-corrected chi connectivity index (χ3v) is 2.61. The summed E-state index contributed by atoms with van der Waals surface area (Å²) in [6.45, 7) is 2.98. The van der Waals surface area contributed by atoms with Crippen LogP contribution in [0.15, 0.2) is 18.2 Å². The van der Waals surface area contributed by atoms with Gasteiger partial charge in [-0.05, 0) is 24.6 Å². The first-order chi connectivity index (χ1) is 9.19. The molecule has 0 aliphatic carbocycles. The third-order valence-electron chi connectivity index (χ3n) is 2.61. The highest BCUT2D eigenvalue weighted by atomic mass is 16.6. The van der Waals surface area contributed by atoms with Gasteiger partial charge < -0.3 is 22.1 Å². The normalized spacial score (nSPS) is 10.4. The summed E-state index contributed by atoms with van der Waals surface area (Å²) < 4.78 is 0. The minimum Gasteiger partial charge on any atom is -0.379 e. The number of benzene rings is 1. The minimum atomic E-state index is -0.378. The van der Waals surface area contributed by atoms with E-state index in [2.05, 4.69) is 10.6 Å². The number of nitro benzene ring substituents is 1. The zero-order chi connectivity index (χ0) is 14.1. The Morgan fingerprint density at radius 2 is 2.00 bits per heavy atom. The van der Waals surface area contributed by atoms with E-state index in [-0.39, 0.29) is 10.6 Å². The number of anilines is 1. The molecule has 0 bridgehead atoms. The standard InChI is InChI=1S/C12H21N5O2/c13-4-1-6-16-11-3-2-10(9-15-7-5-14)8-12(11)17(18)19/h2-3,8,15-16H,1,4-7,9,13-14H2. The second kappa shape index (κ2) is 8.41. The summed E-state index contributed by atoms with van der Waals surface area (Å²) in [6, 6.07) is 5.17. The van der Waals surface area contributed by atoms with Crippen molar-refractivity contribution in [2.45, 2.75) is 13.0 Å². The second-order valence-electron chi connectivity index (χ2n) is 4.14. The number of nitrogens with one attached hydrogen (secondary N) is 2. The number of nitro groups is 1. The summed E-state index contributed by atoms with van der Waals surface area (Å²) in [6.07, 6.45) is 0.775. The van der Waals surface area contributed by atoms with E-state index >= 15 is 0 Å². The van der Waals surface area contributed by atoms with E-state index in [1.165, 1.54) is 0 Å². The van der Waals surface area contributed by atoms with Crippen LogP contribution < -0.4 is 22.1 Å². The van der Waals surface area contributed by atoms with Crippen LogP contribution >= 0.6 is 0 Å². The molecule has 6 N–H and O–H groups in total. The zero-order valence-electron chi connectivity index (χ0n) is 10.9. The fraction of sp³-hybridized carbons (Fsp3) is 0.500. The van der Waals surface area contributed by atoms with Crippen molar-refractivity contribution in [3.8, 4) is 0 Å². The van der Waals surface area contributed by atoms with E-state index in [1.807, 2.05) is 6.07 Å². The maximum Gasteiger partial charge on any atom is 0.292 e. The van der Waals surface area contributed by atoms with E-state index in [0.29, 0.717) is 38.4 Å². The van der Waals surface area contributed by atoms with E-state index in [4.69, 9.17) is 11.5 Å². The Morgan fingerprint density at radius 1 is 1.21 bits per heavy atom. The summed E-state index contributed by atoms with van der Waals surface area (Å²) in [5.74, 6) is 0. The number of rotatable bonds is 9. The summed E-state index contributed by atoms with van der Waals surface area (Å²) in [5.41, 5.74) is 12.2. The van der Waals surface area contributed by atoms with Crippen molar-refractivity contribution < 1.29 is 4.92 Å². The molecule has 0 saturated heterocycles. The Bertz CT molecular complexity index is 411. The number of nitrogens with two attached hydrogens (primary N) is 2. The van der Waals surface area contributed by atoms with Crippen molar-refractivity contribution in [1.82, 2.24) is 5.32 Å². The predicted molar refractivity (Wildman–Crippen MR) is 76.0 cm³/mol. The first-order valence-corrected chi connectivity index (χ1v) is 6.31. The van der Waals surface area contributed by atoms with Crippen LogP contribution in [0, 0.1) is 10.1 Å². The van der Waals surface area contributed by atoms with Crippen LogP contribution in [0.25, 0.3) is 0 Å². The SMILES string of the molecule is NCCCNc1ccc(CNCCN)cc1[N+](=O)[O-]. The Hall–Kier alpha value is -1.70.